The number of hydrogen-bond donors (Lipinski definition) is 1. The molecule has 1 saturated heterocycles. The van der Waals surface area contributed by atoms with Crippen LogP contribution in [0.2, 0.25) is 0 Å². The first-order valence-corrected chi connectivity index (χ1v) is 7.10. The van der Waals surface area contributed by atoms with Crippen LogP contribution in [0.5, 0.6) is 0 Å². The van der Waals surface area contributed by atoms with E-state index in [1.807, 2.05) is 0 Å². The predicted octanol–water partition coefficient (Wildman–Crippen LogP) is 2.78. The smallest absolute Gasteiger partial charge is 0.0197 e. The van der Waals surface area contributed by atoms with Gasteiger partial charge in [-0.05, 0) is 53.0 Å². The molecule has 2 aliphatic rings. The number of rotatable bonds is 4. The van der Waals surface area contributed by atoms with Crippen molar-refractivity contribution in [2.24, 2.45) is 0 Å². The SMILES string of the molecule is CC(CNC1CCCC1)N1CCCC1(C)C. The molecule has 0 bridgehead atoms. The molecule has 0 aromatic rings. The second kappa shape index (κ2) is 5.05. The van der Waals surface area contributed by atoms with Gasteiger partial charge in [0.25, 0.3) is 0 Å². The van der Waals surface area contributed by atoms with E-state index in [-0.39, 0.29) is 0 Å². The van der Waals surface area contributed by atoms with E-state index >= 15 is 0 Å². The van der Waals surface area contributed by atoms with Gasteiger partial charge < -0.3 is 5.32 Å². The summed E-state index contributed by atoms with van der Waals surface area (Å²) in [4.78, 5) is 2.69. The summed E-state index contributed by atoms with van der Waals surface area (Å²) in [6.45, 7) is 9.64. The zero-order valence-electron chi connectivity index (χ0n) is 11.3. The van der Waals surface area contributed by atoms with E-state index in [0.717, 1.165) is 6.04 Å². The highest BCUT2D eigenvalue weighted by molar-refractivity contribution is 4.91. The first-order chi connectivity index (χ1) is 7.59. The third-order valence-electron chi connectivity index (χ3n) is 4.55. The van der Waals surface area contributed by atoms with E-state index in [0.29, 0.717) is 11.6 Å². The van der Waals surface area contributed by atoms with Crippen LogP contribution in [0.1, 0.15) is 59.3 Å². The Hall–Kier alpha value is -0.0800. The first kappa shape index (κ1) is 12.4. The minimum absolute atomic E-state index is 0.427. The van der Waals surface area contributed by atoms with E-state index in [2.05, 4.69) is 31.0 Å². The van der Waals surface area contributed by atoms with E-state index in [1.54, 1.807) is 0 Å². The lowest BCUT2D eigenvalue weighted by molar-refractivity contribution is 0.121. The molecule has 2 nitrogen and oxygen atoms in total. The van der Waals surface area contributed by atoms with Crippen molar-refractivity contribution in [3.8, 4) is 0 Å². The summed E-state index contributed by atoms with van der Waals surface area (Å²) in [5, 5.41) is 3.75. The van der Waals surface area contributed by atoms with Crippen molar-refractivity contribution in [3.63, 3.8) is 0 Å². The van der Waals surface area contributed by atoms with Crippen LogP contribution in [0, 0.1) is 0 Å². The lowest BCUT2D eigenvalue weighted by Gasteiger charge is -2.37. The fourth-order valence-electron chi connectivity index (χ4n) is 3.52. The van der Waals surface area contributed by atoms with E-state index in [9.17, 15) is 0 Å². The molecule has 0 aromatic heterocycles. The summed E-state index contributed by atoms with van der Waals surface area (Å²) >= 11 is 0. The lowest BCUT2D eigenvalue weighted by atomic mass is 10.0. The van der Waals surface area contributed by atoms with Gasteiger partial charge in [0.05, 0.1) is 0 Å². The highest BCUT2D eigenvalue weighted by Gasteiger charge is 2.34. The van der Waals surface area contributed by atoms with Gasteiger partial charge in [-0.15, -0.1) is 0 Å². The molecule has 1 atom stereocenters. The van der Waals surface area contributed by atoms with Crippen LogP contribution in [0.25, 0.3) is 0 Å². The number of nitrogens with zero attached hydrogens (tertiary/aromatic N) is 1. The first-order valence-electron chi connectivity index (χ1n) is 7.10. The summed E-state index contributed by atoms with van der Waals surface area (Å²) in [6.07, 6.45) is 8.40. The van der Waals surface area contributed by atoms with Gasteiger partial charge in [-0.2, -0.15) is 0 Å². The second-order valence-corrected chi connectivity index (χ2v) is 6.35. The molecule has 2 heteroatoms. The van der Waals surface area contributed by atoms with Gasteiger partial charge in [0, 0.05) is 24.2 Å². The molecule has 1 N–H and O–H groups in total. The maximum atomic E-state index is 3.75. The average molecular weight is 224 g/mol. The quantitative estimate of drug-likeness (QED) is 0.790. The van der Waals surface area contributed by atoms with Crippen LogP contribution in [-0.2, 0) is 0 Å². The fraction of sp³-hybridized carbons (Fsp3) is 1.00. The zero-order chi connectivity index (χ0) is 11.6. The Labute approximate surface area is 101 Å². The topological polar surface area (TPSA) is 15.3 Å². The predicted molar refractivity (Wildman–Crippen MR) is 69.7 cm³/mol. The van der Waals surface area contributed by atoms with Crippen LogP contribution in [0.15, 0.2) is 0 Å². The molecule has 0 radical (unpaired) electrons. The van der Waals surface area contributed by atoms with Crippen molar-refractivity contribution >= 4 is 0 Å². The Morgan fingerprint density at radius 1 is 1.25 bits per heavy atom. The molecule has 0 spiro atoms. The summed E-state index contributed by atoms with van der Waals surface area (Å²) < 4.78 is 0. The Balaban J connectivity index is 1.76. The Kier molecular flexibility index (Phi) is 3.91. The summed E-state index contributed by atoms with van der Waals surface area (Å²) in [6, 6.07) is 1.51. The number of hydrogen-bond acceptors (Lipinski definition) is 2. The van der Waals surface area contributed by atoms with E-state index < -0.39 is 0 Å². The van der Waals surface area contributed by atoms with Gasteiger partial charge in [0.1, 0.15) is 0 Å². The van der Waals surface area contributed by atoms with Crippen molar-refractivity contribution in [3.05, 3.63) is 0 Å². The lowest BCUT2D eigenvalue weighted by Crippen LogP contribution is -2.49. The molecule has 94 valence electrons. The summed E-state index contributed by atoms with van der Waals surface area (Å²) in [5.41, 5.74) is 0.427. The van der Waals surface area contributed by atoms with Crippen LogP contribution < -0.4 is 5.32 Å². The monoisotopic (exact) mass is 224 g/mol. The molecule has 1 unspecified atom stereocenters. The highest BCUT2D eigenvalue weighted by atomic mass is 15.2. The molecular weight excluding hydrogens is 196 g/mol. The molecular formula is C14H28N2. The Morgan fingerprint density at radius 2 is 1.94 bits per heavy atom. The van der Waals surface area contributed by atoms with Crippen LogP contribution in [-0.4, -0.2) is 35.6 Å². The molecule has 0 amide bonds. The van der Waals surface area contributed by atoms with Crippen molar-refractivity contribution in [2.75, 3.05) is 13.1 Å². The normalized spacial score (nSPS) is 28.7. The second-order valence-electron chi connectivity index (χ2n) is 6.35. The van der Waals surface area contributed by atoms with Crippen LogP contribution in [0.4, 0.5) is 0 Å². The van der Waals surface area contributed by atoms with Gasteiger partial charge in [-0.1, -0.05) is 12.8 Å². The summed E-state index contributed by atoms with van der Waals surface area (Å²) in [5.74, 6) is 0. The van der Waals surface area contributed by atoms with Crippen molar-refractivity contribution < 1.29 is 0 Å². The molecule has 1 aliphatic heterocycles. The van der Waals surface area contributed by atoms with Gasteiger partial charge in [0.2, 0.25) is 0 Å². The molecule has 16 heavy (non-hydrogen) atoms. The molecule has 0 aromatic carbocycles. The minimum atomic E-state index is 0.427. The third kappa shape index (κ3) is 2.78. The molecule has 1 saturated carbocycles. The highest BCUT2D eigenvalue weighted by Crippen LogP contribution is 2.30. The number of likely N-dealkylation sites (tertiary alicyclic amines) is 1. The maximum Gasteiger partial charge on any atom is 0.0197 e. The number of nitrogens with one attached hydrogen (secondary N) is 1. The van der Waals surface area contributed by atoms with Crippen LogP contribution >= 0.6 is 0 Å². The Morgan fingerprint density at radius 3 is 2.50 bits per heavy atom. The van der Waals surface area contributed by atoms with Crippen molar-refractivity contribution in [1.82, 2.24) is 10.2 Å². The largest absolute Gasteiger partial charge is 0.312 e. The van der Waals surface area contributed by atoms with E-state index in [1.165, 1.54) is 51.6 Å². The van der Waals surface area contributed by atoms with Gasteiger partial charge in [-0.25, -0.2) is 0 Å². The van der Waals surface area contributed by atoms with Crippen molar-refractivity contribution in [2.45, 2.75) is 76.9 Å². The van der Waals surface area contributed by atoms with Crippen molar-refractivity contribution in [1.29, 1.82) is 0 Å². The van der Waals surface area contributed by atoms with Gasteiger partial charge >= 0.3 is 0 Å². The molecule has 2 fully saturated rings. The van der Waals surface area contributed by atoms with Gasteiger partial charge in [-0.3, -0.25) is 4.90 Å². The van der Waals surface area contributed by atoms with E-state index in [4.69, 9.17) is 0 Å². The molecule has 2 rings (SSSR count). The molecule has 1 aliphatic carbocycles. The average Bonchev–Trinajstić information content (AvgIpc) is 2.83. The molecule has 1 heterocycles. The fourth-order valence-corrected chi connectivity index (χ4v) is 3.52. The van der Waals surface area contributed by atoms with Gasteiger partial charge in [0.15, 0.2) is 0 Å². The zero-order valence-corrected chi connectivity index (χ0v) is 11.3. The maximum absolute atomic E-state index is 3.75. The summed E-state index contributed by atoms with van der Waals surface area (Å²) in [7, 11) is 0. The van der Waals surface area contributed by atoms with Crippen LogP contribution in [0.3, 0.4) is 0 Å². The Bertz CT molecular complexity index is 219. The standard InChI is InChI=1S/C14H28N2/c1-12(11-15-13-7-4-5-8-13)16-10-6-9-14(16,2)3/h12-13,15H,4-11H2,1-3H3. The minimum Gasteiger partial charge on any atom is -0.312 e. The third-order valence-corrected chi connectivity index (χ3v) is 4.55.